The molecule has 0 N–H and O–H groups in total. The number of pyridine rings is 1. The third-order valence-electron chi connectivity index (χ3n) is 3.57. The summed E-state index contributed by atoms with van der Waals surface area (Å²) >= 11 is 12.2. The normalized spacial score (nSPS) is 11.2. The lowest BCUT2D eigenvalue weighted by Crippen LogP contribution is -2.29. The fourth-order valence-corrected chi connectivity index (χ4v) is 3.02. The second kappa shape index (κ2) is 7.34. The molecule has 0 atom stereocenters. The van der Waals surface area contributed by atoms with E-state index in [9.17, 15) is 9.59 Å². The van der Waals surface area contributed by atoms with E-state index in [1.165, 1.54) is 17.2 Å². The van der Waals surface area contributed by atoms with Crippen LogP contribution in [0.1, 0.15) is 31.3 Å². The van der Waals surface area contributed by atoms with E-state index < -0.39 is 5.97 Å². The average molecular weight is 357 g/mol. The number of carbonyl (C=O) groups is 1. The van der Waals surface area contributed by atoms with Crippen molar-refractivity contribution in [3.05, 3.63) is 44.2 Å². The van der Waals surface area contributed by atoms with Crippen LogP contribution in [-0.2, 0) is 11.4 Å². The van der Waals surface area contributed by atoms with Crippen LogP contribution in [-0.4, -0.2) is 28.7 Å². The summed E-state index contributed by atoms with van der Waals surface area (Å²) in [5.41, 5.74) is 0.358. The predicted octanol–water partition coefficient (Wildman–Crippen LogP) is 3.74. The number of nitrogens with zero attached hydrogens (tertiary/aromatic N) is 2. The van der Waals surface area contributed by atoms with E-state index >= 15 is 0 Å². The molecule has 0 amide bonds. The zero-order valence-electron chi connectivity index (χ0n) is 13.2. The molecule has 1 aromatic carbocycles. The Kier molecular flexibility index (Phi) is 5.68. The average Bonchev–Trinajstić information content (AvgIpc) is 2.51. The highest BCUT2D eigenvalue weighted by Gasteiger charge is 2.19. The number of halogens is 2. The van der Waals surface area contributed by atoms with Gasteiger partial charge in [0, 0.05) is 30.7 Å². The Morgan fingerprint density at radius 1 is 1.17 bits per heavy atom. The molecule has 0 aliphatic rings. The van der Waals surface area contributed by atoms with Crippen LogP contribution in [0.25, 0.3) is 10.9 Å². The summed E-state index contributed by atoms with van der Waals surface area (Å²) in [6.45, 7) is 7.21. The maximum Gasteiger partial charge on any atom is 0.373 e. The molecule has 0 aliphatic heterocycles. The van der Waals surface area contributed by atoms with Gasteiger partial charge >= 0.3 is 5.97 Å². The third kappa shape index (κ3) is 3.52. The van der Waals surface area contributed by atoms with Gasteiger partial charge in [0.2, 0.25) is 0 Å². The number of carbonyl (C=O) groups excluding carboxylic acids is 1. The van der Waals surface area contributed by atoms with Crippen LogP contribution < -0.4 is 5.43 Å². The summed E-state index contributed by atoms with van der Waals surface area (Å²) in [5.74, 6) is -0.578. The van der Waals surface area contributed by atoms with Crippen LogP contribution in [0.15, 0.2) is 23.0 Å². The first kappa shape index (κ1) is 17.8. The van der Waals surface area contributed by atoms with Crippen molar-refractivity contribution in [2.45, 2.75) is 27.3 Å². The standard InChI is InChI=1S/C16H18Cl2N2O3/c1-4-19(5-2)23-16(22)13-9-14(21)15-11(18)7-10(17)8-12(15)20(13)6-3/h7-9H,4-6H2,1-3H3. The van der Waals surface area contributed by atoms with Crippen molar-refractivity contribution in [1.29, 1.82) is 0 Å². The number of aryl methyl sites for hydroxylation is 1. The van der Waals surface area contributed by atoms with Crippen molar-refractivity contribution in [3.8, 4) is 0 Å². The number of hydroxylamine groups is 2. The van der Waals surface area contributed by atoms with Gasteiger partial charge in [-0.15, -0.1) is 5.06 Å². The van der Waals surface area contributed by atoms with Gasteiger partial charge in [-0.25, -0.2) is 4.79 Å². The first-order valence-corrected chi connectivity index (χ1v) is 8.18. The fraction of sp³-hybridized carbons (Fsp3) is 0.375. The molecule has 0 saturated carbocycles. The molecule has 0 radical (unpaired) electrons. The molecule has 0 saturated heterocycles. The first-order chi connectivity index (χ1) is 10.9. The van der Waals surface area contributed by atoms with Crippen LogP contribution in [0, 0.1) is 0 Å². The van der Waals surface area contributed by atoms with Crippen molar-refractivity contribution in [2.75, 3.05) is 13.1 Å². The second-order valence-corrected chi connectivity index (χ2v) is 5.76. The Hall–Kier alpha value is -1.56. The highest BCUT2D eigenvalue weighted by molar-refractivity contribution is 6.38. The number of hydrogen-bond donors (Lipinski definition) is 0. The summed E-state index contributed by atoms with van der Waals surface area (Å²) < 4.78 is 1.68. The molecular formula is C16H18Cl2N2O3. The van der Waals surface area contributed by atoms with Crippen molar-refractivity contribution in [1.82, 2.24) is 9.63 Å². The van der Waals surface area contributed by atoms with Gasteiger partial charge < -0.3 is 9.40 Å². The zero-order valence-corrected chi connectivity index (χ0v) is 14.7. The highest BCUT2D eigenvalue weighted by atomic mass is 35.5. The second-order valence-electron chi connectivity index (χ2n) is 4.91. The molecule has 0 bridgehead atoms. The highest BCUT2D eigenvalue weighted by Crippen LogP contribution is 2.26. The number of benzene rings is 1. The maximum atomic E-state index is 12.4. The Morgan fingerprint density at radius 3 is 2.39 bits per heavy atom. The van der Waals surface area contributed by atoms with Crippen molar-refractivity contribution in [3.63, 3.8) is 0 Å². The van der Waals surface area contributed by atoms with Gasteiger partial charge in [0.25, 0.3) is 0 Å². The van der Waals surface area contributed by atoms with E-state index in [4.69, 9.17) is 28.0 Å². The Balaban J connectivity index is 2.66. The molecule has 124 valence electrons. The quantitative estimate of drug-likeness (QED) is 0.765. The number of aromatic nitrogens is 1. The largest absolute Gasteiger partial charge is 0.373 e. The van der Waals surface area contributed by atoms with Gasteiger partial charge in [-0.05, 0) is 32.9 Å². The Bertz CT molecular complexity index is 798. The molecule has 1 heterocycles. The molecule has 5 nitrogen and oxygen atoms in total. The topological polar surface area (TPSA) is 51.5 Å². The van der Waals surface area contributed by atoms with Crippen LogP contribution in [0.5, 0.6) is 0 Å². The Labute approximate surface area is 144 Å². The molecule has 0 aliphatic carbocycles. The van der Waals surface area contributed by atoms with E-state index in [1.807, 2.05) is 20.8 Å². The summed E-state index contributed by atoms with van der Waals surface area (Å²) in [6.07, 6.45) is 0. The number of hydrogen-bond acceptors (Lipinski definition) is 4. The minimum absolute atomic E-state index is 0.176. The van der Waals surface area contributed by atoms with Crippen LogP contribution in [0.4, 0.5) is 0 Å². The molecule has 23 heavy (non-hydrogen) atoms. The third-order valence-corrected chi connectivity index (χ3v) is 4.09. The summed E-state index contributed by atoms with van der Waals surface area (Å²) in [6, 6.07) is 4.40. The summed E-state index contributed by atoms with van der Waals surface area (Å²) in [7, 11) is 0. The van der Waals surface area contributed by atoms with E-state index in [1.54, 1.807) is 10.6 Å². The van der Waals surface area contributed by atoms with Crippen LogP contribution in [0.3, 0.4) is 0 Å². The lowest BCUT2D eigenvalue weighted by Gasteiger charge is -2.20. The predicted molar refractivity (Wildman–Crippen MR) is 92.2 cm³/mol. The van der Waals surface area contributed by atoms with Gasteiger partial charge in [-0.3, -0.25) is 4.79 Å². The minimum atomic E-state index is -0.578. The smallest absolute Gasteiger partial charge is 0.363 e. The van der Waals surface area contributed by atoms with E-state index in [0.717, 1.165) is 0 Å². The first-order valence-electron chi connectivity index (χ1n) is 7.42. The maximum absolute atomic E-state index is 12.4. The lowest BCUT2D eigenvalue weighted by atomic mass is 10.1. The van der Waals surface area contributed by atoms with E-state index in [2.05, 4.69) is 0 Å². The van der Waals surface area contributed by atoms with Gasteiger partial charge in [0.05, 0.1) is 15.9 Å². The minimum Gasteiger partial charge on any atom is -0.363 e. The van der Waals surface area contributed by atoms with Crippen molar-refractivity contribution < 1.29 is 9.63 Å². The monoisotopic (exact) mass is 356 g/mol. The SMILES string of the molecule is CCN(CC)OC(=O)c1cc(=O)c2c(Cl)cc(Cl)cc2n1CC. The van der Waals surface area contributed by atoms with Gasteiger partial charge in [0.15, 0.2) is 5.43 Å². The van der Waals surface area contributed by atoms with Crippen LogP contribution >= 0.6 is 23.2 Å². The fourth-order valence-electron chi connectivity index (χ4n) is 2.45. The molecule has 1 aromatic heterocycles. The summed E-state index contributed by atoms with van der Waals surface area (Å²) in [4.78, 5) is 30.1. The van der Waals surface area contributed by atoms with Crippen molar-refractivity contribution >= 4 is 40.1 Å². The number of rotatable bonds is 5. The molecular weight excluding hydrogens is 339 g/mol. The molecule has 0 spiro atoms. The van der Waals surface area contributed by atoms with E-state index in [0.29, 0.717) is 35.6 Å². The summed E-state index contributed by atoms with van der Waals surface area (Å²) in [5, 5.41) is 2.53. The van der Waals surface area contributed by atoms with Gasteiger partial charge in [-0.1, -0.05) is 23.2 Å². The number of fused-ring (bicyclic) bond motifs is 1. The lowest BCUT2D eigenvalue weighted by molar-refractivity contribution is -0.103. The molecule has 0 unspecified atom stereocenters. The molecule has 2 rings (SSSR count). The van der Waals surface area contributed by atoms with Crippen LogP contribution in [0.2, 0.25) is 10.0 Å². The molecule has 7 heteroatoms. The van der Waals surface area contributed by atoms with Crippen molar-refractivity contribution in [2.24, 2.45) is 0 Å². The van der Waals surface area contributed by atoms with Gasteiger partial charge in [-0.2, -0.15) is 0 Å². The molecule has 2 aromatic rings. The van der Waals surface area contributed by atoms with Gasteiger partial charge in [0.1, 0.15) is 5.69 Å². The van der Waals surface area contributed by atoms with E-state index in [-0.39, 0.29) is 16.1 Å². The zero-order chi connectivity index (χ0) is 17.1. The molecule has 0 fully saturated rings. The Morgan fingerprint density at radius 2 is 1.83 bits per heavy atom.